The molecule has 25 unspecified atom stereocenters. The molecule has 67 heavy (non-hydrogen) atoms. The Bertz CT molecular complexity index is 1830. The quantitative estimate of drug-likeness (QED) is 0.0999. The summed E-state index contributed by atoms with van der Waals surface area (Å²) in [5.74, 6) is -1.20. The van der Waals surface area contributed by atoms with Gasteiger partial charge in [-0.25, -0.2) is 0 Å². The maximum Gasteiger partial charge on any atom is 0.303 e. The van der Waals surface area contributed by atoms with Crippen molar-refractivity contribution in [1.82, 2.24) is 0 Å². The van der Waals surface area contributed by atoms with E-state index in [2.05, 4.69) is 34.6 Å². The van der Waals surface area contributed by atoms with Gasteiger partial charge in [-0.05, 0) is 117 Å². The third kappa shape index (κ3) is 7.73. The number of esters is 1. The van der Waals surface area contributed by atoms with Gasteiger partial charge in [0.1, 0.15) is 48.8 Å². The van der Waals surface area contributed by atoms with E-state index in [-0.39, 0.29) is 53.3 Å². The molecule has 9 aliphatic rings. The Balaban J connectivity index is 1.05. The zero-order valence-electron chi connectivity index (χ0n) is 40.2. The summed E-state index contributed by atoms with van der Waals surface area (Å²) in [6, 6.07) is 0. The lowest BCUT2D eigenvalue weighted by molar-refractivity contribution is -0.360. The molecule has 2 spiro atoms. The van der Waals surface area contributed by atoms with Crippen molar-refractivity contribution in [3.63, 3.8) is 0 Å². The molecule has 0 aromatic carbocycles. The molecule has 4 heterocycles. The summed E-state index contributed by atoms with van der Waals surface area (Å²) in [6.45, 7) is 14.3. The zero-order chi connectivity index (χ0) is 48.8. The third-order valence-corrected chi connectivity index (χ3v) is 19.6. The fourth-order valence-corrected chi connectivity index (χ4v) is 16.4. The van der Waals surface area contributed by atoms with Crippen LogP contribution in [0.1, 0.15) is 113 Å². The number of aliphatic hydroxyl groups is 10. The average molecular weight is 959 g/mol. The van der Waals surface area contributed by atoms with E-state index in [0.29, 0.717) is 38.5 Å². The Hall–Kier alpha value is -1.21. The van der Waals surface area contributed by atoms with E-state index in [4.69, 9.17) is 37.9 Å². The lowest BCUT2D eigenvalue weighted by atomic mass is 9.41. The predicted octanol–water partition coefficient (Wildman–Crippen LogP) is -0.242. The van der Waals surface area contributed by atoms with Crippen LogP contribution in [0.5, 0.6) is 0 Å². The average Bonchev–Trinajstić information content (AvgIpc) is 3.61. The molecule has 10 N–H and O–H groups in total. The molecule has 5 saturated carbocycles. The van der Waals surface area contributed by atoms with E-state index >= 15 is 0 Å². The Morgan fingerprint density at radius 1 is 0.687 bits per heavy atom. The standard InChI is InChI=1S/C48H78O19/c1-21(50)62-35-24(53)19-61-41(36(35)66-39-33(57)30(54)23(52)18-60-39)65-28-10-12-48-20-47(48)14-13-44(6)37(46(8)11-9-29(67-46)43(4,5)59)22(51)16-45(44,7)27(47)15-25(38(48)42(28,2)3)63-40-34(58)32(56)31(55)26(17-49)64-40/h22-41,49,51-59H,9-20H2,1-8H3. The van der Waals surface area contributed by atoms with Crippen LogP contribution in [0.15, 0.2) is 0 Å². The number of hydrogen-bond donors (Lipinski definition) is 10. The molecule has 19 heteroatoms. The first-order chi connectivity index (χ1) is 31.2. The molecule has 19 nitrogen and oxygen atoms in total. The summed E-state index contributed by atoms with van der Waals surface area (Å²) in [5, 5.41) is 109. The Morgan fingerprint density at radius 2 is 1.36 bits per heavy atom. The SMILES string of the molecule is CC(=O)OC1C(O)COC(OC2CCC34CC35CCC3(C)C(C6(C)CCC(C(C)(C)O)O6)C(O)CC3(C)C5CC(OC3OC(CO)C(O)C(O)C3O)C4C2(C)C)C1OC1OCC(O)C(O)C1O. The molecule has 4 aliphatic heterocycles. The summed E-state index contributed by atoms with van der Waals surface area (Å²) in [4.78, 5) is 12.4. The van der Waals surface area contributed by atoms with Crippen LogP contribution in [0.2, 0.25) is 0 Å². The monoisotopic (exact) mass is 959 g/mol. The van der Waals surface area contributed by atoms with Gasteiger partial charge >= 0.3 is 5.97 Å². The maximum atomic E-state index is 12.4. The Morgan fingerprint density at radius 3 is 2.01 bits per heavy atom. The van der Waals surface area contributed by atoms with Gasteiger partial charge in [0.15, 0.2) is 31.1 Å². The minimum absolute atomic E-state index is 0.0223. The number of ether oxygens (including phenoxy) is 8. The Kier molecular flexibility index (Phi) is 13.0. The van der Waals surface area contributed by atoms with E-state index in [9.17, 15) is 55.9 Å². The van der Waals surface area contributed by atoms with E-state index < -0.39 is 133 Å². The maximum absolute atomic E-state index is 12.4. The molecule has 0 radical (unpaired) electrons. The largest absolute Gasteiger partial charge is 0.457 e. The smallest absolute Gasteiger partial charge is 0.303 e. The molecular formula is C48H78O19. The fourth-order valence-electron chi connectivity index (χ4n) is 16.4. The van der Waals surface area contributed by atoms with Crippen molar-refractivity contribution in [2.24, 2.45) is 44.8 Å². The number of aliphatic hydroxyl groups excluding tert-OH is 9. The molecular weight excluding hydrogens is 881 g/mol. The topological polar surface area (TPSA) is 293 Å². The van der Waals surface area contributed by atoms with Gasteiger partial charge in [0.05, 0.1) is 55.4 Å². The van der Waals surface area contributed by atoms with E-state index in [1.165, 1.54) is 6.92 Å². The third-order valence-electron chi connectivity index (χ3n) is 19.6. The normalized spacial score (nSPS) is 56.0. The highest BCUT2D eigenvalue weighted by molar-refractivity contribution is 5.66. The van der Waals surface area contributed by atoms with Crippen LogP contribution in [0.4, 0.5) is 0 Å². The van der Waals surface area contributed by atoms with Crippen LogP contribution in [0, 0.1) is 44.8 Å². The van der Waals surface area contributed by atoms with Crippen LogP contribution in [-0.4, -0.2) is 192 Å². The number of hydrogen-bond acceptors (Lipinski definition) is 19. The van der Waals surface area contributed by atoms with Crippen molar-refractivity contribution in [3.05, 3.63) is 0 Å². The highest BCUT2D eigenvalue weighted by Crippen LogP contribution is 2.89. The summed E-state index contributed by atoms with van der Waals surface area (Å²) < 4.78 is 50.2. The molecule has 25 atom stereocenters. The molecule has 0 aromatic rings. The van der Waals surface area contributed by atoms with Gasteiger partial charge in [0.25, 0.3) is 0 Å². The van der Waals surface area contributed by atoms with E-state index in [1.807, 2.05) is 0 Å². The molecule has 0 aromatic heterocycles. The van der Waals surface area contributed by atoms with Crippen molar-refractivity contribution in [2.45, 2.75) is 229 Å². The zero-order valence-corrected chi connectivity index (χ0v) is 40.2. The molecule has 0 amide bonds. The van der Waals surface area contributed by atoms with Gasteiger partial charge in [-0.1, -0.05) is 27.7 Å². The summed E-state index contributed by atoms with van der Waals surface area (Å²) >= 11 is 0. The summed E-state index contributed by atoms with van der Waals surface area (Å²) in [6.07, 6.45) is -15.2. The molecule has 9 fully saturated rings. The van der Waals surface area contributed by atoms with Crippen molar-refractivity contribution < 1.29 is 93.8 Å². The van der Waals surface area contributed by atoms with Crippen LogP contribution in [0.3, 0.4) is 0 Å². The summed E-state index contributed by atoms with van der Waals surface area (Å²) in [7, 11) is 0. The van der Waals surface area contributed by atoms with Crippen molar-refractivity contribution in [1.29, 1.82) is 0 Å². The molecule has 0 bridgehead atoms. The van der Waals surface area contributed by atoms with Gasteiger partial charge < -0.3 is 89.0 Å². The Labute approximate surface area is 392 Å². The van der Waals surface area contributed by atoms with E-state index in [1.54, 1.807) is 13.8 Å². The van der Waals surface area contributed by atoms with Gasteiger partial charge in [0.2, 0.25) is 0 Å². The van der Waals surface area contributed by atoms with Crippen LogP contribution < -0.4 is 0 Å². The highest BCUT2D eigenvalue weighted by Gasteiger charge is 2.85. The second kappa shape index (κ2) is 17.2. The first-order valence-electron chi connectivity index (χ1n) is 24.7. The van der Waals surface area contributed by atoms with Gasteiger partial charge in [0, 0.05) is 12.8 Å². The van der Waals surface area contributed by atoms with Crippen LogP contribution in [0.25, 0.3) is 0 Å². The second-order valence-corrected chi connectivity index (χ2v) is 24.0. The lowest BCUT2D eigenvalue weighted by Gasteiger charge is -2.65. The number of carbonyl (C=O) groups is 1. The minimum atomic E-state index is -1.71. The second-order valence-electron chi connectivity index (χ2n) is 24.0. The minimum Gasteiger partial charge on any atom is -0.457 e. The van der Waals surface area contributed by atoms with Crippen molar-refractivity contribution in [3.8, 4) is 0 Å². The van der Waals surface area contributed by atoms with Crippen LogP contribution in [-0.2, 0) is 42.7 Å². The fraction of sp³-hybridized carbons (Fsp3) is 0.979. The molecule has 384 valence electrons. The van der Waals surface area contributed by atoms with Crippen LogP contribution >= 0.6 is 0 Å². The first-order valence-corrected chi connectivity index (χ1v) is 24.7. The lowest BCUT2D eigenvalue weighted by Crippen LogP contribution is -2.66. The van der Waals surface area contributed by atoms with Gasteiger partial charge in [-0.15, -0.1) is 0 Å². The molecule has 4 saturated heterocycles. The van der Waals surface area contributed by atoms with Crippen molar-refractivity contribution in [2.75, 3.05) is 19.8 Å². The number of rotatable bonds is 10. The summed E-state index contributed by atoms with van der Waals surface area (Å²) in [5.41, 5.74) is -3.77. The predicted molar refractivity (Wildman–Crippen MR) is 230 cm³/mol. The number of carbonyl (C=O) groups excluding carboxylic acids is 1. The van der Waals surface area contributed by atoms with E-state index in [0.717, 1.165) is 19.3 Å². The first kappa shape index (κ1) is 50.7. The highest BCUT2D eigenvalue weighted by atomic mass is 16.8. The number of fused-ring (bicyclic) bond motifs is 2. The molecule has 9 rings (SSSR count). The van der Waals surface area contributed by atoms with Gasteiger partial charge in [-0.2, -0.15) is 0 Å². The van der Waals surface area contributed by atoms with Gasteiger partial charge in [-0.3, -0.25) is 4.79 Å². The molecule has 5 aliphatic carbocycles. The van der Waals surface area contributed by atoms with Crippen molar-refractivity contribution >= 4 is 5.97 Å².